The van der Waals surface area contributed by atoms with E-state index in [1.807, 2.05) is 0 Å². The molecule has 1 aliphatic heterocycles. The number of carbonyl (C=O) groups is 1. The van der Waals surface area contributed by atoms with Crippen LogP contribution in [0.15, 0.2) is 53.3 Å². The Labute approximate surface area is 168 Å². The van der Waals surface area contributed by atoms with E-state index in [2.05, 4.69) is 5.10 Å². The number of nitrogens with zero attached hydrogens (tertiary/aromatic N) is 4. The third kappa shape index (κ3) is 3.44. The van der Waals surface area contributed by atoms with E-state index in [0.717, 1.165) is 16.8 Å². The minimum Gasteiger partial charge on any atom is -0.496 e. The van der Waals surface area contributed by atoms with Crippen molar-refractivity contribution in [1.29, 1.82) is 0 Å². The molecule has 0 N–H and O–H groups in total. The smallest absolute Gasteiger partial charge is 0.416 e. The van der Waals surface area contributed by atoms with Gasteiger partial charge in [-0.15, -0.1) is 5.10 Å². The van der Waals surface area contributed by atoms with Crippen LogP contribution in [-0.2, 0) is 19.3 Å². The van der Waals surface area contributed by atoms with Crippen LogP contribution in [0.5, 0.6) is 5.75 Å². The molecule has 2 aromatic carbocycles. The summed E-state index contributed by atoms with van der Waals surface area (Å²) in [5, 5.41) is 4.24. The van der Waals surface area contributed by atoms with Crippen LogP contribution in [0.25, 0.3) is 5.69 Å². The molecule has 0 spiro atoms. The van der Waals surface area contributed by atoms with Crippen molar-refractivity contribution >= 4 is 5.91 Å². The van der Waals surface area contributed by atoms with Gasteiger partial charge in [0.15, 0.2) is 5.82 Å². The second kappa shape index (κ2) is 7.36. The summed E-state index contributed by atoms with van der Waals surface area (Å²) in [4.78, 5) is 27.1. The van der Waals surface area contributed by atoms with Crippen LogP contribution >= 0.6 is 0 Å². The Balaban J connectivity index is 1.61. The third-order valence-corrected chi connectivity index (χ3v) is 4.93. The molecule has 156 valence electrons. The number of rotatable bonds is 3. The molecule has 1 amide bonds. The lowest BCUT2D eigenvalue weighted by Crippen LogP contribution is -2.41. The zero-order valence-corrected chi connectivity index (χ0v) is 15.9. The molecule has 3 aromatic rings. The monoisotopic (exact) mass is 418 g/mol. The molecule has 30 heavy (non-hydrogen) atoms. The third-order valence-electron chi connectivity index (χ3n) is 4.93. The van der Waals surface area contributed by atoms with Gasteiger partial charge in [-0.3, -0.25) is 9.36 Å². The van der Waals surface area contributed by atoms with Gasteiger partial charge in [-0.2, -0.15) is 17.9 Å². The highest BCUT2D eigenvalue weighted by Crippen LogP contribution is 2.29. The van der Waals surface area contributed by atoms with Crippen molar-refractivity contribution in [3.8, 4) is 11.4 Å². The van der Waals surface area contributed by atoms with Crippen molar-refractivity contribution in [2.24, 2.45) is 0 Å². The first-order chi connectivity index (χ1) is 14.3. The van der Waals surface area contributed by atoms with E-state index in [4.69, 9.17) is 4.74 Å². The van der Waals surface area contributed by atoms with Gasteiger partial charge in [0.05, 0.1) is 30.5 Å². The van der Waals surface area contributed by atoms with E-state index < -0.39 is 17.4 Å². The number of hydrogen-bond donors (Lipinski definition) is 0. The number of alkyl halides is 3. The van der Waals surface area contributed by atoms with Crippen LogP contribution in [-0.4, -0.2) is 38.8 Å². The SMILES string of the molecule is COc1ccccc1C(=O)N1CCn2c(nn(-c3ccc(C(F)(F)F)cc3)c2=O)C1. The molecule has 2 heterocycles. The highest BCUT2D eigenvalue weighted by Gasteiger charge is 2.31. The van der Waals surface area contributed by atoms with Crippen molar-refractivity contribution in [3.63, 3.8) is 0 Å². The molecule has 0 saturated heterocycles. The quantitative estimate of drug-likeness (QED) is 0.656. The van der Waals surface area contributed by atoms with Crippen LogP contribution in [0, 0.1) is 0 Å². The zero-order chi connectivity index (χ0) is 21.5. The Morgan fingerprint density at radius 3 is 2.43 bits per heavy atom. The number of hydrogen-bond acceptors (Lipinski definition) is 4. The van der Waals surface area contributed by atoms with Gasteiger partial charge in [0.25, 0.3) is 5.91 Å². The Bertz CT molecular complexity index is 1150. The van der Waals surface area contributed by atoms with Gasteiger partial charge in [-0.1, -0.05) is 12.1 Å². The molecule has 0 saturated carbocycles. The Morgan fingerprint density at radius 1 is 1.07 bits per heavy atom. The maximum atomic E-state index is 12.9. The maximum absolute atomic E-state index is 12.9. The molecule has 0 unspecified atom stereocenters. The number of fused-ring (bicyclic) bond motifs is 1. The van der Waals surface area contributed by atoms with E-state index in [1.165, 1.54) is 23.8 Å². The van der Waals surface area contributed by atoms with E-state index in [-0.39, 0.29) is 24.7 Å². The summed E-state index contributed by atoms with van der Waals surface area (Å²) in [5.74, 6) is 0.547. The Hall–Kier alpha value is -3.56. The van der Waals surface area contributed by atoms with Crippen LogP contribution in [0.4, 0.5) is 13.2 Å². The van der Waals surface area contributed by atoms with Crippen molar-refractivity contribution in [2.45, 2.75) is 19.3 Å². The number of methoxy groups -OCH3 is 1. The van der Waals surface area contributed by atoms with E-state index in [1.54, 1.807) is 29.2 Å². The minimum absolute atomic E-state index is 0.0970. The van der Waals surface area contributed by atoms with Crippen molar-refractivity contribution in [2.75, 3.05) is 13.7 Å². The lowest BCUT2D eigenvalue weighted by atomic mass is 10.1. The fourth-order valence-corrected chi connectivity index (χ4v) is 3.37. The first-order valence-electron chi connectivity index (χ1n) is 9.08. The van der Waals surface area contributed by atoms with Gasteiger partial charge in [-0.05, 0) is 36.4 Å². The summed E-state index contributed by atoms with van der Waals surface area (Å²) < 4.78 is 46.0. The second-order valence-electron chi connectivity index (χ2n) is 6.73. The van der Waals surface area contributed by atoms with Crippen molar-refractivity contribution in [1.82, 2.24) is 19.2 Å². The highest BCUT2D eigenvalue weighted by atomic mass is 19.4. The van der Waals surface area contributed by atoms with Gasteiger partial charge in [0, 0.05) is 13.1 Å². The maximum Gasteiger partial charge on any atom is 0.416 e. The lowest BCUT2D eigenvalue weighted by molar-refractivity contribution is -0.137. The second-order valence-corrected chi connectivity index (χ2v) is 6.73. The van der Waals surface area contributed by atoms with Gasteiger partial charge in [0.1, 0.15) is 5.75 Å². The summed E-state index contributed by atoms with van der Waals surface area (Å²) in [5.41, 5.74) is -0.651. The predicted molar refractivity (Wildman–Crippen MR) is 101 cm³/mol. The number of benzene rings is 2. The molecule has 4 rings (SSSR count). The van der Waals surface area contributed by atoms with Gasteiger partial charge < -0.3 is 9.64 Å². The largest absolute Gasteiger partial charge is 0.496 e. The average Bonchev–Trinajstić information content (AvgIpc) is 3.08. The highest BCUT2D eigenvalue weighted by molar-refractivity contribution is 5.96. The number of aromatic nitrogens is 3. The first-order valence-corrected chi connectivity index (χ1v) is 9.08. The number of carbonyl (C=O) groups excluding carboxylic acids is 1. The van der Waals surface area contributed by atoms with Crippen LogP contribution in [0.2, 0.25) is 0 Å². The Morgan fingerprint density at radius 2 is 1.77 bits per heavy atom. The predicted octanol–water partition coefficient (Wildman–Crippen LogP) is 2.72. The summed E-state index contributed by atoms with van der Waals surface area (Å²) in [7, 11) is 1.48. The molecule has 0 aliphatic carbocycles. The summed E-state index contributed by atoms with van der Waals surface area (Å²) in [6.07, 6.45) is -4.46. The van der Waals surface area contributed by atoms with Crippen molar-refractivity contribution < 1.29 is 22.7 Å². The van der Waals surface area contributed by atoms with Crippen LogP contribution in [0.3, 0.4) is 0 Å². The fraction of sp³-hybridized carbons (Fsp3) is 0.250. The lowest BCUT2D eigenvalue weighted by Gasteiger charge is -2.27. The summed E-state index contributed by atoms with van der Waals surface area (Å²) >= 11 is 0. The molecule has 1 aromatic heterocycles. The Kier molecular flexibility index (Phi) is 4.84. The molecule has 1 aliphatic rings. The standard InChI is InChI=1S/C20H17F3N4O3/c1-30-16-5-3-2-4-15(16)18(28)25-10-11-26-17(12-25)24-27(19(26)29)14-8-6-13(7-9-14)20(21,22)23/h2-9H,10-12H2,1H3. The molecular formula is C20H17F3N4O3. The average molecular weight is 418 g/mol. The molecule has 0 atom stereocenters. The minimum atomic E-state index is -4.46. The molecular weight excluding hydrogens is 401 g/mol. The summed E-state index contributed by atoms with van der Waals surface area (Å²) in [6.45, 7) is 0.623. The molecule has 0 bridgehead atoms. The topological polar surface area (TPSA) is 69.4 Å². The van der Waals surface area contributed by atoms with Crippen molar-refractivity contribution in [3.05, 3.63) is 76.0 Å². The number of ether oxygens (including phenoxy) is 1. The molecule has 10 heteroatoms. The molecule has 0 fully saturated rings. The van der Waals surface area contributed by atoms with Gasteiger partial charge in [-0.25, -0.2) is 4.79 Å². The van der Waals surface area contributed by atoms with Crippen LogP contribution in [0.1, 0.15) is 21.7 Å². The van der Waals surface area contributed by atoms with E-state index in [9.17, 15) is 22.8 Å². The van der Waals surface area contributed by atoms with Gasteiger partial charge in [0.2, 0.25) is 0 Å². The van der Waals surface area contributed by atoms with Crippen LogP contribution < -0.4 is 10.4 Å². The fourth-order valence-electron chi connectivity index (χ4n) is 3.37. The normalized spacial score (nSPS) is 13.8. The van der Waals surface area contributed by atoms with E-state index in [0.29, 0.717) is 23.7 Å². The molecule has 7 nitrogen and oxygen atoms in total. The first kappa shape index (κ1) is 19.7. The number of para-hydroxylation sites is 1. The summed E-state index contributed by atoms with van der Waals surface area (Å²) in [6, 6.07) is 11.0. The van der Waals surface area contributed by atoms with Gasteiger partial charge >= 0.3 is 11.9 Å². The number of halogens is 3. The molecule has 0 radical (unpaired) electrons. The number of amides is 1. The zero-order valence-electron chi connectivity index (χ0n) is 15.9. The van der Waals surface area contributed by atoms with E-state index >= 15 is 0 Å².